The number of likely N-dealkylation sites (tertiary alicyclic amines) is 1. The van der Waals surface area contributed by atoms with Crippen LogP contribution >= 0.6 is 11.6 Å². The third-order valence-electron chi connectivity index (χ3n) is 4.84. The van der Waals surface area contributed by atoms with E-state index in [4.69, 9.17) is 16.3 Å². The van der Waals surface area contributed by atoms with Crippen LogP contribution in [0, 0.1) is 0 Å². The van der Waals surface area contributed by atoms with Crippen molar-refractivity contribution in [3.63, 3.8) is 0 Å². The molecule has 2 aliphatic rings. The van der Waals surface area contributed by atoms with Gasteiger partial charge in [-0.15, -0.1) is 0 Å². The van der Waals surface area contributed by atoms with Gasteiger partial charge in [0.25, 0.3) is 0 Å². The van der Waals surface area contributed by atoms with Gasteiger partial charge in [-0.2, -0.15) is 0 Å². The van der Waals surface area contributed by atoms with Gasteiger partial charge >= 0.3 is 0 Å². The summed E-state index contributed by atoms with van der Waals surface area (Å²) in [5, 5.41) is 4.47. The van der Waals surface area contributed by atoms with Gasteiger partial charge in [-0.25, -0.2) is 0 Å². The van der Waals surface area contributed by atoms with Gasteiger partial charge in [0.05, 0.1) is 7.11 Å². The molecule has 3 rings (SSSR count). The number of hydrogen-bond acceptors (Lipinski definition) is 3. The van der Waals surface area contributed by atoms with Gasteiger partial charge in [0.1, 0.15) is 5.75 Å². The van der Waals surface area contributed by atoms with E-state index < -0.39 is 0 Å². The minimum atomic E-state index is 0.657. The average Bonchev–Trinajstić information content (AvgIpc) is 3.02. The maximum Gasteiger partial charge on any atom is 0.123 e. The highest BCUT2D eigenvalue weighted by molar-refractivity contribution is 6.30. The maximum absolute atomic E-state index is 6.17. The molecule has 2 fully saturated rings. The summed E-state index contributed by atoms with van der Waals surface area (Å²) in [6, 6.07) is 7.25. The molecule has 0 bridgehead atoms. The number of halogens is 1. The molecule has 2 unspecified atom stereocenters. The Hall–Kier alpha value is -0.770. The van der Waals surface area contributed by atoms with Crippen molar-refractivity contribution >= 4 is 11.6 Å². The number of benzene rings is 1. The van der Waals surface area contributed by atoms with Crippen LogP contribution in [0.4, 0.5) is 0 Å². The van der Waals surface area contributed by atoms with E-state index >= 15 is 0 Å². The zero-order chi connectivity index (χ0) is 14.7. The second-order valence-electron chi connectivity index (χ2n) is 6.19. The second kappa shape index (κ2) is 6.99. The van der Waals surface area contributed by atoms with Gasteiger partial charge in [0.15, 0.2) is 0 Å². The molecule has 0 aromatic heterocycles. The fourth-order valence-electron chi connectivity index (χ4n) is 3.80. The Bertz CT molecular complexity index is 474. The molecule has 1 N–H and O–H groups in total. The molecule has 2 saturated heterocycles. The molecular weight excluding hydrogens is 284 g/mol. The number of rotatable bonds is 4. The van der Waals surface area contributed by atoms with Crippen LogP contribution in [-0.2, 0) is 6.54 Å². The van der Waals surface area contributed by atoms with Crippen molar-refractivity contribution in [2.75, 3.05) is 20.2 Å². The molecule has 4 heteroatoms. The van der Waals surface area contributed by atoms with Crippen LogP contribution in [-0.4, -0.2) is 37.2 Å². The van der Waals surface area contributed by atoms with Crippen molar-refractivity contribution in [1.82, 2.24) is 10.2 Å². The van der Waals surface area contributed by atoms with Gasteiger partial charge in [-0.05, 0) is 57.0 Å². The standard InChI is InChI=1S/C17H25ClN2O/c1-21-17-8-7-14(18)11-13(17)12-20-10-3-2-6-16(20)15-5-4-9-19-15/h7-8,11,15-16,19H,2-6,9-10,12H2,1H3. The predicted molar refractivity (Wildman–Crippen MR) is 87.1 cm³/mol. The molecule has 3 nitrogen and oxygen atoms in total. The van der Waals surface area contributed by atoms with E-state index in [1.165, 1.54) is 50.8 Å². The summed E-state index contributed by atoms with van der Waals surface area (Å²) < 4.78 is 5.50. The van der Waals surface area contributed by atoms with Crippen molar-refractivity contribution < 1.29 is 4.74 Å². The summed E-state index contributed by atoms with van der Waals surface area (Å²) >= 11 is 6.17. The van der Waals surface area contributed by atoms with Crippen LogP contribution in [0.25, 0.3) is 0 Å². The van der Waals surface area contributed by atoms with Crippen LogP contribution in [0.2, 0.25) is 5.02 Å². The minimum Gasteiger partial charge on any atom is -0.496 e. The SMILES string of the molecule is COc1ccc(Cl)cc1CN1CCCCC1C1CCCN1. The van der Waals surface area contributed by atoms with Gasteiger partial charge in [-0.3, -0.25) is 4.90 Å². The lowest BCUT2D eigenvalue weighted by molar-refractivity contribution is 0.111. The molecule has 0 spiro atoms. The molecule has 0 amide bonds. The normalized spacial score (nSPS) is 27.0. The maximum atomic E-state index is 6.17. The number of nitrogens with zero attached hydrogens (tertiary/aromatic N) is 1. The van der Waals surface area contributed by atoms with Gasteiger partial charge in [-0.1, -0.05) is 18.0 Å². The number of hydrogen-bond donors (Lipinski definition) is 1. The third kappa shape index (κ3) is 3.53. The highest BCUT2D eigenvalue weighted by Crippen LogP contribution is 2.29. The highest BCUT2D eigenvalue weighted by atomic mass is 35.5. The number of piperidine rings is 1. The Morgan fingerprint density at radius 3 is 2.95 bits per heavy atom. The summed E-state index contributed by atoms with van der Waals surface area (Å²) in [6.45, 7) is 3.29. The highest BCUT2D eigenvalue weighted by Gasteiger charge is 2.31. The molecule has 1 aromatic rings. The molecule has 0 aliphatic carbocycles. The second-order valence-corrected chi connectivity index (χ2v) is 6.63. The van der Waals surface area contributed by atoms with E-state index in [0.717, 1.165) is 17.3 Å². The lowest BCUT2D eigenvalue weighted by Gasteiger charge is -2.39. The zero-order valence-electron chi connectivity index (χ0n) is 12.8. The quantitative estimate of drug-likeness (QED) is 0.922. The van der Waals surface area contributed by atoms with Crippen molar-refractivity contribution in [1.29, 1.82) is 0 Å². The largest absolute Gasteiger partial charge is 0.496 e. The fourth-order valence-corrected chi connectivity index (χ4v) is 3.99. The van der Waals surface area contributed by atoms with Crippen molar-refractivity contribution in [3.8, 4) is 5.75 Å². The minimum absolute atomic E-state index is 0.657. The van der Waals surface area contributed by atoms with Crippen molar-refractivity contribution in [2.24, 2.45) is 0 Å². The van der Waals surface area contributed by atoms with E-state index in [1.807, 2.05) is 18.2 Å². The summed E-state index contributed by atoms with van der Waals surface area (Å²) in [5.41, 5.74) is 1.20. The van der Waals surface area contributed by atoms with Crippen LogP contribution in [0.3, 0.4) is 0 Å². The average molecular weight is 309 g/mol. The molecule has 1 aromatic carbocycles. The number of methoxy groups -OCH3 is 1. The Balaban J connectivity index is 1.76. The molecule has 116 valence electrons. The molecule has 0 saturated carbocycles. The lowest BCUT2D eigenvalue weighted by Crippen LogP contribution is -2.49. The van der Waals surface area contributed by atoms with Crippen molar-refractivity contribution in [3.05, 3.63) is 28.8 Å². The molecule has 2 heterocycles. The van der Waals surface area contributed by atoms with E-state index in [0.29, 0.717) is 12.1 Å². The van der Waals surface area contributed by atoms with Gasteiger partial charge in [0.2, 0.25) is 0 Å². The van der Waals surface area contributed by atoms with Crippen LogP contribution in [0.5, 0.6) is 5.75 Å². The van der Waals surface area contributed by atoms with Crippen LogP contribution in [0.15, 0.2) is 18.2 Å². The predicted octanol–water partition coefficient (Wildman–Crippen LogP) is 3.46. The summed E-state index contributed by atoms with van der Waals surface area (Å²) in [4.78, 5) is 2.63. The first-order valence-electron chi connectivity index (χ1n) is 8.08. The summed E-state index contributed by atoms with van der Waals surface area (Å²) in [6.07, 6.45) is 6.59. The molecular formula is C17H25ClN2O. The Morgan fingerprint density at radius 2 is 2.19 bits per heavy atom. The monoisotopic (exact) mass is 308 g/mol. The van der Waals surface area contributed by atoms with E-state index in [2.05, 4.69) is 10.2 Å². The first kappa shape index (κ1) is 15.1. The third-order valence-corrected chi connectivity index (χ3v) is 5.08. The Labute approximate surface area is 132 Å². The Kier molecular flexibility index (Phi) is 5.04. The van der Waals surface area contributed by atoms with Crippen molar-refractivity contribution in [2.45, 2.75) is 50.7 Å². The molecule has 21 heavy (non-hydrogen) atoms. The molecule has 2 aliphatic heterocycles. The number of nitrogens with one attached hydrogen (secondary N) is 1. The summed E-state index contributed by atoms with van der Waals surface area (Å²) in [7, 11) is 1.74. The number of ether oxygens (including phenoxy) is 1. The molecule has 0 radical (unpaired) electrons. The van der Waals surface area contributed by atoms with Crippen LogP contribution < -0.4 is 10.1 Å². The Morgan fingerprint density at radius 1 is 1.29 bits per heavy atom. The lowest BCUT2D eigenvalue weighted by atomic mass is 9.94. The van der Waals surface area contributed by atoms with Gasteiger partial charge < -0.3 is 10.1 Å². The summed E-state index contributed by atoms with van der Waals surface area (Å²) in [5.74, 6) is 0.947. The zero-order valence-corrected chi connectivity index (χ0v) is 13.5. The van der Waals surface area contributed by atoms with E-state index in [1.54, 1.807) is 7.11 Å². The van der Waals surface area contributed by atoms with E-state index in [-0.39, 0.29) is 0 Å². The topological polar surface area (TPSA) is 24.5 Å². The first-order valence-corrected chi connectivity index (χ1v) is 8.45. The van der Waals surface area contributed by atoms with Crippen LogP contribution in [0.1, 0.15) is 37.7 Å². The van der Waals surface area contributed by atoms with Gasteiger partial charge in [0, 0.05) is 29.2 Å². The first-order chi connectivity index (χ1) is 10.3. The van der Waals surface area contributed by atoms with E-state index in [9.17, 15) is 0 Å². The fraction of sp³-hybridized carbons (Fsp3) is 0.647. The smallest absolute Gasteiger partial charge is 0.123 e. The molecule has 2 atom stereocenters.